The maximum Gasteiger partial charge on any atom is 0.377 e. The quantitative estimate of drug-likeness (QED) is 0.502. The van der Waals surface area contributed by atoms with E-state index in [9.17, 15) is 9.82 Å². The lowest BCUT2D eigenvalue weighted by Gasteiger charge is -2.35. The Bertz CT molecular complexity index is 450. The van der Waals surface area contributed by atoms with Gasteiger partial charge in [0.2, 0.25) is 0 Å². The molecule has 1 aliphatic rings. The highest BCUT2D eigenvalue weighted by molar-refractivity contribution is 6.45. The molecule has 2 rings (SSSR count). The normalized spacial score (nSPS) is 19.8. The van der Waals surface area contributed by atoms with E-state index in [4.69, 9.17) is 10.8 Å². The minimum absolute atomic E-state index is 0.399. The van der Waals surface area contributed by atoms with Crippen LogP contribution >= 0.6 is 0 Å². The molecule has 0 spiro atoms. The molecule has 5 nitrogen and oxygen atoms in total. The first-order chi connectivity index (χ1) is 7.99. The van der Waals surface area contributed by atoms with Gasteiger partial charge in [0.15, 0.2) is 0 Å². The second kappa shape index (κ2) is 4.39. The van der Waals surface area contributed by atoms with Crippen molar-refractivity contribution in [2.45, 2.75) is 25.8 Å². The van der Waals surface area contributed by atoms with Crippen molar-refractivity contribution in [3.8, 4) is 0 Å². The van der Waals surface area contributed by atoms with E-state index in [2.05, 4.69) is 0 Å². The lowest BCUT2D eigenvalue weighted by Crippen LogP contribution is -2.51. The molecule has 1 heterocycles. The van der Waals surface area contributed by atoms with Gasteiger partial charge >= 0.3 is 13.0 Å². The van der Waals surface area contributed by atoms with E-state index < -0.39 is 19.1 Å². The van der Waals surface area contributed by atoms with Gasteiger partial charge in [0.1, 0.15) is 6.04 Å². The second-order valence-electron chi connectivity index (χ2n) is 4.39. The van der Waals surface area contributed by atoms with Gasteiger partial charge in [-0.25, -0.2) is 0 Å². The van der Waals surface area contributed by atoms with Gasteiger partial charge in [-0.3, -0.25) is 4.79 Å². The molecule has 90 valence electrons. The highest BCUT2D eigenvalue weighted by atomic mass is 16.4. The van der Waals surface area contributed by atoms with Crippen molar-refractivity contribution >= 4 is 18.7 Å². The summed E-state index contributed by atoms with van der Waals surface area (Å²) in [5.74, 6) is -0.909. The first kappa shape index (κ1) is 11.9. The van der Waals surface area contributed by atoms with Crippen molar-refractivity contribution < 1.29 is 14.9 Å². The third-order valence-electron chi connectivity index (χ3n) is 3.16. The monoisotopic (exact) mass is 234 g/mol. The SMILES string of the molecule is CB(O)N1Cc2cc(N)ccc2CC1C(=O)O. The Morgan fingerprint density at radius 2 is 2.24 bits per heavy atom. The zero-order valence-corrected chi connectivity index (χ0v) is 9.63. The van der Waals surface area contributed by atoms with E-state index in [0.29, 0.717) is 18.7 Å². The molecule has 6 heteroatoms. The molecule has 0 bridgehead atoms. The average molecular weight is 234 g/mol. The molecule has 0 radical (unpaired) electrons. The Kier molecular flexibility index (Phi) is 3.08. The average Bonchev–Trinajstić information content (AvgIpc) is 2.26. The number of hydrogen-bond acceptors (Lipinski definition) is 4. The van der Waals surface area contributed by atoms with Gasteiger partial charge < -0.3 is 20.7 Å². The number of carboxylic acids is 1. The highest BCUT2D eigenvalue weighted by Gasteiger charge is 2.35. The number of nitrogen functional groups attached to an aromatic ring is 1. The van der Waals surface area contributed by atoms with Gasteiger partial charge in [-0.15, -0.1) is 0 Å². The molecular weight excluding hydrogens is 219 g/mol. The van der Waals surface area contributed by atoms with Crippen molar-refractivity contribution in [3.05, 3.63) is 29.3 Å². The summed E-state index contributed by atoms with van der Waals surface area (Å²) in [6, 6.07) is 4.80. The molecule has 0 fully saturated rings. The van der Waals surface area contributed by atoms with E-state index in [1.54, 1.807) is 17.7 Å². The highest BCUT2D eigenvalue weighted by Crippen LogP contribution is 2.25. The van der Waals surface area contributed by atoms with Gasteiger partial charge in [0, 0.05) is 12.2 Å². The molecule has 0 saturated heterocycles. The number of aliphatic carboxylic acids is 1. The molecule has 0 aromatic heterocycles. The van der Waals surface area contributed by atoms with Crippen LogP contribution in [-0.4, -0.2) is 34.0 Å². The van der Waals surface area contributed by atoms with Crippen LogP contribution in [0.3, 0.4) is 0 Å². The summed E-state index contributed by atoms with van der Waals surface area (Å²) in [6.45, 7) is 1.99. The molecular formula is C11H15BN2O3. The van der Waals surface area contributed by atoms with Crippen LogP contribution < -0.4 is 5.73 Å². The topological polar surface area (TPSA) is 86.8 Å². The maximum absolute atomic E-state index is 11.2. The van der Waals surface area contributed by atoms with Crippen molar-refractivity contribution in [1.82, 2.24) is 4.81 Å². The molecule has 1 atom stereocenters. The molecule has 1 aliphatic heterocycles. The molecule has 1 aromatic carbocycles. The molecule has 1 aromatic rings. The number of nitrogens with zero attached hydrogens (tertiary/aromatic N) is 1. The number of rotatable bonds is 2. The van der Waals surface area contributed by atoms with Gasteiger partial charge in [-0.1, -0.05) is 6.07 Å². The number of fused-ring (bicyclic) bond motifs is 1. The summed E-state index contributed by atoms with van der Waals surface area (Å²) in [7, 11) is -0.786. The smallest absolute Gasteiger partial charge is 0.377 e. The number of benzene rings is 1. The number of anilines is 1. The third kappa shape index (κ3) is 2.27. The lowest BCUT2D eigenvalue weighted by molar-refractivity contribution is -0.142. The van der Waals surface area contributed by atoms with Crippen LogP contribution in [0.4, 0.5) is 5.69 Å². The summed E-state index contributed by atoms with van der Waals surface area (Å²) in [5, 5.41) is 18.8. The number of carboxylic acid groups (broad SMARTS) is 1. The first-order valence-electron chi connectivity index (χ1n) is 5.53. The number of nitrogens with two attached hydrogens (primary N) is 1. The van der Waals surface area contributed by atoms with Crippen LogP contribution in [-0.2, 0) is 17.8 Å². The number of hydrogen-bond donors (Lipinski definition) is 3. The van der Waals surface area contributed by atoms with Gasteiger partial charge in [-0.05, 0) is 36.5 Å². The van der Waals surface area contributed by atoms with Gasteiger partial charge in [-0.2, -0.15) is 0 Å². The lowest BCUT2D eigenvalue weighted by atomic mass is 9.78. The van der Waals surface area contributed by atoms with E-state index >= 15 is 0 Å². The molecule has 4 N–H and O–H groups in total. The molecule has 1 unspecified atom stereocenters. The van der Waals surface area contributed by atoms with Crippen molar-refractivity contribution in [2.24, 2.45) is 0 Å². The number of carbonyl (C=O) groups is 1. The Morgan fingerprint density at radius 1 is 1.53 bits per heavy atom. The minimum Gasteiger partial charge on any atom is -0.480 e. The van der Waals surface area contributed by atoms with Gasteiger partial charge in [0.05, 0.1) is 0 Å². The molecule has 0 aliphatic carbocycles. The Morgan fingerprint density at radius 3 is 2.82 bits per heavy atom. The van der Waals surface area contributed by atoms with Crippen LogP contribution in [0.25, 0.3) is 0 Å². The summed E-state index contributed by atoms with van der Waals surface area (Å²) < 4.78 is 0. The summed E-state index contributed by atoms with van der Waals surface area (Å²) in [5.41, 5.74) is 8.33. The predicted molar refractivity (Wildman–Crippen MR) is 65.4 cm³/mol. The fraction of sp³-hybridized carbons (Fsp3) is 0.364. The van der Waals surface area contributed by atoms with Crippen molar-refractivity contribution in [2.75, 3.05) is 5.73 Å². The summed E-state index contributed by atoms with van der Waals surface area (Å²) in [4.78, 5) is 12.7. The van der Waals surface area contributed by atoms with Crippen LogP contribution in [0.2, 0.25) is 6.82 Å². The minimum atomic E-state index is -0.909. The zero-order chi connectivity index (χ0) is 12.6. The predicted octanol–water partition coefficient (Wildman–Crippen LogP) is 0.190. The van der Waals surface area contributed by atoms with E-state index in [1.165, 1.54) is 0 Å². The van der Waals surface area contributed by atoms with E-state index in [-0.39, 0.29) is 0 Å². The fourth-order valence-corrected chi connectivity index (χ4v) is 2.25. The largest absolute Gasteiger partial charge is 0.480 e. The molecule has 0 amide bonds. The van der Waals surface area contributed by atoms with E-state index in [1.807, 2.05) is 12.1 Å². The molecule has 17 heavy (non-hydrogen) atoms. The van der Waals surface area contributed by atoms with Crippen molar-refractivity contribution in [1.29, 1.82) is 0 Å². The summed E-state index contributed by atoms with van der Waals surface area (Å²) in [6.07, 6.45) is 0.399. The fourth-order valence-electron chi connectivity index (χ4n) is 2.25. The Balaban J connectivity index is 2.36. The first-order valence-corrected chi connectivity index (χ1v) is 5.53. The molecule has 0 saturated carbocycles. The second-order valence-corrected chi connectivity index (χ2v) is 4.39. The Labute approximate surface area is 100.0 Å². The standard InChI is InChI=1S/C11H15BN2O3/c1-12(17)14-6-8-4-9(13)3-2-7(8)5-10(14)11(15)16/h2-4,10,17H,5-6,13H2,1H3,(H,15,16). The van der Waals surface area contributed by atoms with Crippen LogP contribution in [0.5, 0.6) is 0 Å². The zero-order valence-electron chi connectivity index (χ0n) is 9.63. The van der Waals surface area contributed by atoms with E-state index in [0.717, 1.165) is 11.1 Å². The van der Waals surface area contributed by atoms with Gasteiger partial charge in [0.25, 0.3) is 0 Å². The summed E-state index contributed by atoms with van der Waals surface area (Å²) >= 11 is 0. The third-order valence-corrected chi connectivity index (χ3v) is 3.16. The van der Waals surface area contributed by atoms with Crippen LogP contribution in [0, 0.1) is 0 Å². The Hall–Kier alpha value is -1.53. The maximum atomic E-state index is 11.2. The van der Waals surface area contributed by atoms with Crippen molar-refractivity contribution in [3.63, 3.8) is 0 Å². The van der Waals surface area contributed by atoms with Crippen LogP contribution in [0.15, 0.2) is 18.2 Å². The van der Waals surface area contributed by atoms with Crippen LogP contribution in [0.1, 0.15) is 11.1 Å².